The molecule has 14 aromatic rings. The van der Waals surface area contributed by atoms with Crippen LogP contribution in [0.25, 0.3) is 94.3 Å². The maximum Gasteiger partial charge on any atom is 0.416 e. The van der Waals surface area contributed by atoms with Gasteiger partial charge in [0.25, 0.3) is 6.71 Å². The first kappa shape index (κ1) is 55.2. The standard InChI is InChI=1S/C81H52BF6N3/c1-51-38-62(42-64(39-51)81(86,87)88)68-50-63(80(83,84)85)35-37-73(68)91-72-31-17-14-28-67(72)69-47-56(34-36-74(69)91)61-48-77-79-78(49-61)90(66-45-59(54-24-10-4-11-25-54)41-60(46-66)55-26-12-5-13-27-55)76-33-19-16-30-71(76)82(79)70-29-15-18-32-75(70)89(77)65-43-57(52-20-6-2-7-21-52)40-58(44-65)53-22-8-3-9-23-53/h2-50H,1H3. The van der Waals surface area contributed by atoms with Gasteiger partial charge in [-0.3, -0.25) is 0 Å². The van der Waals surface area contributed by atoms with Crippen molar-refractivity contribution in [3.63, 3.8) is 0 Å². The summed E-state index contributed by atoms with van der Waals surface area (Å²) in [4.78, 5) is 4.86. The zero-order valence-electron chi connectivity index (χ0n) is 49.0. The van der Waals surface area contributed by atoms with Crippen LogP contribution in [0.4, 0.5) is 60.5 Å². The molecule has 91 heavy (non-hydrogen) atoms. The Bertz CT molecular complexity index is 4860. The molecule has 0 aliphatic carbocycles. The van der Waals surface area contributed by atoms with E-state index in [0.717, 1.165) is 141 Å². The average molecular weight is 1190 g/mol. The SMILES string of the molecule is Cc1cc(-c2cc(C(F)(F)F)ccc2-n2c3ccccc3c3cc(-c4cc5c6c(c4)N(c4cc(-c7ccccc7)cc(-c7ccccc7)c4)c4ccccc4B6c4ccccc4N5c4cc(-c5ccccc5)cc(-c5ccccc5)c4)ccc32)cc(C(F)(F)F)c1. The lowest BCUT2D eigenvalue weighted by atomic mass is 9.33. The fraction of sp³-hybridized carbons (Fsp3) is 0.0370. The highest BCUT2D eigenvalue weighted by molar-refractivity contribution is 7.00. The summed E-state index contributed by atoms with van der Waals surface area (Å²) in [5.41, 5.74) is 19.7. The lowest BCUT2D eigenvalue weighted by molar-refractivity contribution is -0.138. The molecule has 0 bridgehead atoms. The molecule has 0 unspecified atom stereocenters. The summed E-state index contributed by atoms with van der Waals surface area (Å²) in [6.07, 6.45) is -9.51. The van der Waals surface area contributed by atoms with Crippen molar-refractivity contribution < 1.29 is 26.3 Å². The first-order valence-electron chi connectivity index (χ1n) is 30.2. The smallest absolute Gasteiger partial charge is 0.311 e. The fourth-order valence-corrected chi connectivity index (χ4v) is 13.9. The Kier molecular flexibility index (Phi) is 13.1. The minimum atomic E-state index is -4.77. The molecular formula is C81H52BF6N3. The third kappa shape index (κ3) is 9.65. The Balaban J connectivity index is 0.981. The van der Waals surface area contributed by atoms with E-state index < -0.39 is 23.5 Å². The highest BCUT2D eigenvalue weighted by atomic mass is 19.4. The Morgan fingerprint density at radius 2 is 0.725 bits per heavy atom. The number of halogens is 6. The van der Waals surface area contributed by atoms with E-state index in [2.05, 4.69) is 216 Å². The van der Waals surface area contributed by atoms with Crippen LogP contribution < -0.4 is 26.2 Å². The number of anilines is 6. The molecule has 0 radical (unpaired) electrons. The highest BCUT2D eigenvalue weighted by Gasteiger charge is 2.44. The maximum atomic E-state index is 14.7. The van der Waals surface area contributed by atoms with Gasteiger partial charge in [-0.2, -0.15) is 26.3 Å². The number of aryl methyl sites for hydroxylation is 1. The van der Waals surface area contributed by atoms with Crippen molar-refractivity contribution in [3.05, 3.63) is 314 Å². The highest BCUT2D eigenvalue weighted by Crippen LogP contribution is 2.50. The van der Waals surface area contributed by atoms with Crippen LogP contribution in [0.2, 0.25) is 0 Å². The number of nitrogens with zero attached hydrogens (tertiary/aromatic N) is 3. The third-order valence-electron chi connectivity index (χ3n) is 18.0. The molecule has 0 amide bonds. The van der Waals surface area contributed by atoms with Crippen molar-refractivity contribution in [2.75, 3.05) is 9.80 Å². The molecule has 0 fully saturated rings. The monoisotopic (exact) mass is 1190 g/mol. The first-order chi connectivity index (χ1) is 44.3. The number of fused-ring (bicyclic) bond motifs is 7. The van der Waals surface area contributed by atoms with E-state index in [-0.39, 0.29) is 23.4 Å². The zero-order chi connectivity index (χ0) is 61.7. The molecule has 10 heteroatoms. The summed E-state index contributed by atoms with van der Waals surface area (Å²) in [7, 11) is 0. The van der Waals surface area contributed by atoms with Crippen LogP contribution >= 0.6 is 0 Å². The van der Waals surface area contributed by atoms with Gasteiger partial charge in [0.1, 0.15) is 0 Å². The predicted molar refractivity (Wildman–Crippen MR) is 362 cm³/mol. The quantitative estimate of drug-likeness (QED) is 0.105. The number of para-hydroxylation sites is 3. The Labute approximate surface area is 522 Å². The summed E-state index contributed by atoms with van der Waals surface area (Å²) in [5, 5.41) is 1.62. The molecule has 0 saturated carbocycles. The number of hydrogen-bond donors (Lipinski definition) is 0. The second kappa shape index (κ2) is 21.6. The van der Waals surface area contributed by atoms with E-state index in [1.54, 1.807) is 0 Å². The summed E-state index contributed by atoms with van der Waals surface area (Å²) in [6.45, 7) is 1.32. The molecule has 0 spiro atoms. The van der Waals surface area contributed by atoms with Crippen LogP contribution in [0.5, 0.6) is 0 Å². The Hall–Kier alpha value is -11.1. The molecule has 1 aromatic heterocycles. The van der Waals surface area contributed by atoms with E-state index >= 15 is 0 Å². The van der Waals surface area contributed by atoms with Gasteiger partial charge in [0, 0.05) is 50.5 Å². The van der Waals surface area contributed by atoms with Crippen LogP contribution in [-0.2, 0) is 12.4 Å². The second-order valence-corrected chi connectivity index (χ2v) is 23.6. The predicted octanol–water partition coefficient (Wildman–Crippen LogP) is 21.2. The third-order valence-corrected chi connectivity index (χ3v) is 18.0. The van der Waals surface area contributed by atoms with Crippen molar-refractivity contribution in [3.8, 4) is 72.4 Å². The van der Waals surface area contributed by atoms with Gasteiger partial charge in [-0.25, -0.2) is 0 Å². The average Bonchev–Trinajstić information content (AvgIpc) is 0.965. The van der Waals surface area contributed by atoms with E-state index in [0.29, 0.717) is 16.7 Å². The minimum absolute atomic E-state index is 0.0124. The van der Waals surface area contributed by atoms with Crippen LogP contribution in [0, 0.1) is 6.92 Å². The van der Waals surface area contributed by atoms with Crippen molar-refractivity contribution in [2.45, 2.75) is 19.3 Å². The minimum Gasteiger partial charge on any atom is -0.311 e. The van der Waals surface area contributed by atoms with E-state index in [4.69, 9.17) is 0 Å². The molecule has 2 aliphatic heterocycles. The normalized spacial score (nSPS) is 12.7. The van der Waals surface area contributed by atoms with E-state index in [9.17, 15) is 26.3 Å². The summed E-state index contributed by atoms with van der Waals surface area (Å²) < 4.78 is 89.8. The molecule has 436 valence electrons. The number of benzene rings is 13. The van der Waals surface area contributed by atoms with Gasteiger partial charge in [0.2, 0.25) is 0 Å². The Morgan fingerprint density at radius 1 is 0.286 bits per heavy atom. The number of alkyl halides is 6. The summed E-state index contributed by atoms with van der Waals surface area (Å²) in [6, 6.07) is 98.4. The van der Waals surface area contributed by atoms with Gasteiger partial charge in [-0.1, -0.05) is 188 Å². The van der Waals surface area contributed by atoms with E-state index in [1.165, 1.54) is 19.1 Å². The van der Waals surface area contributed by atoms with Gasteiger partial charge in [-0.05, 0) is 199 Å². The Morgan fingerprint density at radius 3 is 1.22 bits per heavy atom. The van der Waals surface area contributed by atoms with Crippen LogP contribution in [0.3, 0.4) is 0 Å². The number of hydrogen-bond acceptors (Lipinski definition) is 2. The molecule has 16 rings (SSSR count). The van der Waals surface area contributed by atoms with Gasteiger partial charge in [0.15, 0.2) is 0 Å². The van der Waals surface area contributed by atoms with Gasteiger partial charge < -0.3 is 14.4 Å². The number of aromatic nitrogens is 1. The molecular weight excluding hydrogens is 1140 g/mol. The zero-order valence-corrected chi connectivity index (χ0v) is 49.0. The molecule has 0 atom stereocenters. The van der Waals surface area contributed by atoms with Gasteiger partial charge in [0.05, 0.1) is 27.8 Å². The van der Waals surface area contributed by atoms with Crippen molar-refractivity contribution in [1.29, 1.82) is 0 Å². The topological polar surface area (TPSA) is 11.4 Å². The lowest BCUT2D eigenvalue weighted by Crippen LogP contribution is -2.61. The van der Waals surface area contributed by atoms with Crippen LogP contribution in [0.15, 0.2) is 297 Å². The molecule has 13 aromatic carbocycles. The van der Waals surface area contributed by atoms with Crippen molar-refractivity contribution >= 4 is 79.0 Å². The summed E-state index contributed by atoms with van der Waals surface area (Å²) >= 11 is 0. The van der Waals surface area contributed by atoms with Crippen LogP contribution in [0.1, 0.15) is 16.7 Å². The second-order valence-electron chi connectivity index (χ2n) is 23.6. The van der Waals surface area contributed by atoms with Gasteiger partial charge in [-0.15, -0.1) is 0 Å². The molecule has 0 N–H and O–H groups in total. The number of rotatable bonds is 9. The molecule has 3 heterocycles. The molecule has 0 saturated heterocycles. The van der Waals surface area contributed by atoms with Crippen molar-refractivity contribution in [2.24, 2.45) is 0 Å². The largest absolute Gasteiger partial charge is 0.416 e. The van der Waals surface area contributed by atoms with Crippen LogP contribution in [-0.4, -0.2) is 11.3 Å². The van der Waals surface area contributed by atoms with Crippen molar-refractivity contribution in [1.82, 2.24) is 4.57 Å². The molecule has 2 aliphatic rings. The maximum absolute atomic E-state index is 14.7. The fourth-order valence-electron chi connectivity index (χ4n) is 13.9. The summed E-state index contributed by atoms with van der Waals surface area (Å²) in [5.74, 6) is 0. The first-order valence-corrected chi connectivity index (χ1v) is 30.2. The lowest BCUT2D eigenvalue weighted by Gasteiger charge is -2.44. The molecule has 3 nitrogen and oxygen atoms in total. The van der Waals surface area contributed by atoms with Gasteiger partial charge >= 0.3 is 12.4 Å². The van der Waals surface area contributed by atoms with E-state index in [1.807, 2.05) is 59.2 Å².